The average Bonchev–Trinajstić information content (AvgIpc) is 3.31. The van der Waals surface area contributed by atoms with E-state index < -0.39 is 0 Å². The Bertz CT molecular complexity index is 984. The Kier molecular flexibility index (Phi) is 4.88. The third-order valence-corrected chi connectivity index (χ3v) is 5.30. The number of benzene rings is 2. The van der Waals surface area contributed by atoms with Crippen LogP contribution in [0.3, 0.4) is 0 Å². The molecule has 6 heteroatoms. The highest BCUT2D eigenvalue weighted by molar-refractivity contribution is 6.01. The summed E-state index contributed by atoms with van der Waals surface area (Å²) in [6, 6.07) is 17.3. The Balaban J connectivity index is 1.61. The smallest absolute Gasteiger partial charge is 0.259 e. The lowest BCUT2D eigenvalue weighted by Gasteiger charge is -2.17. The Labute approximate surface area is 163 Å². The van der Waals surface area contributed by atoms with E-state index in [9.17, 15) is 4.79 Å². The lowest BCUT2D eigenvalue weighted by Crippen LogP contribution is -2.32. The number of nitrogens with two attached hydrogens (primary N) is 1. The molecule has 144 valence electrons. The summed E-state index contributed by atoms with van der Waals surface area (Å²) in [6.45, 7) is 2.80. The molecule has 1 aromatic heterocycles. The fourth-order valence-corrected chi connectivity index (χ4v) is 3.79. The van der Waals surface area contributed by atoms with Gasteiger partial charge in [-0.2, -0.15) is 0 Å². The first-order chi connectivity index (χ1) is 13.6. The molecule has 6 nitrogen and oxygen atoms in total. The van der Waals surface area contributed by atoms with Crippen molar-refractivity contribution < 1.29 is 14.1 Å². The maximum absolute atomic E-state index is 13.3. The molecule has 2 atom stereocenters. The number of hydrogen-bond acceptors (Lipinski definition) is 5. The fourth-order valence-electron chi connectivity index (χ4n) is 3.79. The number of amides is 1. The first-order valence-electron chi connectivity index (χ1n) is 9.29. The summed E-state index contributed by atoms with van der Waals surface area (Å²) in [7, 11) is 1.64. The number of aryl methyl sites for hydroxylation is 1. The van der Waals surface area contributed by atoms with Gasteiger partial charge in [-0.15, -0.1) is 0 Å². The van der Waals surface area contributed by atoms with Crippen molar-refractivity contribution in [1.29, 1.82) is 0 Å². The third-order valence-electron chi connectivity index (χ3n) is 5.30. The molecule has 1 amide bonds. The molecule has 4 rings (SSSR count). The van der Waals surface area contributed by atoms with E-state index in [1.165, 1.54) is 0 Å². The number of likely N-dealkylation sites (tertiary alicyclic amines) is 1. The summed E-state index contributed by atoms with van der Waals surface area (Å²) in [6.07, 6.45) is 0. The van der Waals surface area contributed by atoms with Gasteiger partial charge in [-0.05, 0) is 24.6 Å². The van der Waals surface area contributed by atoms with E-state index in [4.69, 9.17) is 15.0 Å². The normalized spacial score (nSPS) is 19.0. The minimum Gasteiger partial charge on any atom is -0.497 e. The molecular formula is C22H23N3O3. The van der Waals surface area contributed by atoms with Crippen LogP contribution in [0.4, 0.5) is 0 Å². The van der Waals surface area contributed by atoms with E-state index in [1.807, 2.05) is 54.6 Å². The van der Waals surface area contributed by atoms with Gasteiger partial charge in [0.1, 0.15) is 22.8 Å². The topological polar surface area (TPSA) is 81.6 Å². The molecule has 0 aliphatic carbocycles. The zero-order chi connectivity index (χ0) is 19.7. The van der Waals surface area contributed by atoms with Crippen LogP contribution in [0, 0.1) is 6.92 Å². The highest BCUT2D eigenvalue weighted by Gasteiger charge is 2.36. The van der Waals surface area contributed by atoms with Crippen molar-refractivity contribution in [3.63, 3.8) is 0 Å². The van der Waals surface area contributed by atoms with Gasteiger partial charge in [-0.25, -0.2) is 0 Å². The van der Waals surface area contributed by atoms with E-state index in [2.05, 4.69) is 5.16 Å². The zero-order valence-electron chi connectivity index (χ0n) is 16.0. The van der Waals surface area contributed by atoms with Crippen LogP contribution < -0.4 is 10.5 Å². The third kappa shape index (κ3) is 3.27. The predicted molar refractivity (Wildman–Crippen MR) is 106 cm³/mol. The summed E-state index contributed by atoms with van der Waals surface area (Å²) < 4.78 is 10.7. The maximum Gasteiger partial charge on any atom is 0.259 e. The van der Waals surface area contributed by atoms with Crippen LogP contribution in [-0.4, -0.2) is 42.2 Å². The number of ether oxygens (including phenoxy) is 1. The molecular weight excluding hydrogens is 354 g/mol. The monoisotopic (exact) mass is 377 g/mol. The van der Waals surface area contributed by atoms with Gasteiger partial charge < -0.3 is 19.9 Å². The van der Waals surface area contributed by atoms with E-state index >= 15 is 0 Å². The van der Waals surface area contributed by atoms with Crippen LogP contribution in [0.15, 0.2) is 59.1 Å². The van der Waals surface area contributed by atoms with Crippen molar-refractivity contribution in [2.75, 3.05) is 20.2 Å². The van der Waals surface area contributed by atoms with Crippen molar-refractivity contribution in [3.8, 4) is 17.0 Å². The first kappa shape index (κ1) is 18.3. The largest absolute Gasteiger partial charge is 0.497 e. The highest BCUT2D eigenvalue weighted by atomic mass is 16.5. The van der Waals surface area contributed by atoms with Crippen molar-refractivity contribution >= 4 is 5.91 Å². The van der Waals surface area contributed by atoms with E-state index in [-0.39, 0.29) is 17.9 Å². The minimum absolute atomic E-state index is 0.0550. The van der Waals surface area contributed by atoms with Crippen LogP contribution >= 0.6 is 0 Å². The van der Waals surface area contributed by atoms with Gasteiger partial charge in [-0.1, -0.05) is 47.6 Å². The summed E-state index contributed by atoms with van der Waals surface area (Å²) in [4.78, 5) is 15.1. The number of carbonyl (C=O) groups excluding carboxylic acids is 1. The van der Waals surface area contributed by atoms with Crippen molar-refractivity contribution in [2.45, 2.75) is 18.9 Å². The number of carbonyl (C=O) groups is 1. The highest BCUT2D eigenvalue weighted by Crippen LogP contribution is 2.32. The van der Waals surface area contributed by atoms with Crippen molar-refractivity contribution in [3.05, 3.63) is 71.5 Å². The number of aromatic nitrogens is 1. The Morgan fingerprint density at radius 2 is 1.96 bits per heavy atom. The molecule has 2 N–H and O–H groups in total. The predicted octanol–water partition coefficient (Wildman–Crippen LogP) is 3.23. The lowest BCUT2D eigenvalue weighted by molar-refractivity contribution is 0.0788. The number of hydrogen-bond donors (Lipinski definition) is 1. The Hall–Kier alpha value is -3.12. The van der Waals surface area contributed by atoms with Gasteiger partial charge in [0.15, 0.2) is 0 Å². The molecule has 1 aliphatic heterocycles. The van der Waals surface area contributed by atoms with E-state index in [0.717, 1.165) is 16.9 Å². The molecule has 0 spiro atoms. The van der Waals surface area contributed by atoms with Crippen LogP contribution in [0.1, 0.15) is 27.6 Å². The van der Waals surface area contributed by atoms with Crippen LogP contribution in [0.2, 0.25) is 0 Å². The Morgan fingerprint density at radius 1 is 1.18 bits per heavy atom. The molecule has 1 fully saturated rings. The molecule has 2 aromatic carbocycles. The van der Waals surface area contributed by atoms with Gasteiger partial charge in [0, 0.05) is 30.6 Å². The number of rotatable bonds is 4. The second-order valence-electron chi connectivity index (χ2n) is 7.09. The quantitative estimate of drug-likeness (QED) is 0.755. The van der Waals surface area contributed by atoms with Crippen LogP contribution in [0.5, 0.6) is 5.75 Å². The SMILES string of the molecule is COc1cccc([C@H]2CN(C(=O)c3c(-c4ccccc4)noc3C)C[C@@H]2N)c1. The second kappa shape index (κ2) is 7.48. The van der Waals surface area contributed by atoms with E-state index in [0.29, 0.717) is 30.1 Å². The van der Waals surface area contributed by atoms with Crippen molar-refractivity contribution in [2.24, 2.45) is 5.73 Å². The average molecular weight is 377 g/mol. The summed E-state index contributed by atoms with van der Waals surface area (Å²) in [5, 5.41) is 4.13. The molecule has 0 radical (unpaired) electrons. The van der Waals surface area contributed by atoms with E-state index in [1.54, 1.807) is 18.9 Å². The van der Waals surface area contributed by atoms with Gasteiger partial charge in [0.05, 0.1) is 7.11 Å². The summed E-state index contributed by atoms with van der Waals surface area (Å²) in [5.41, 5.74) is 9.41. The molecule has 3 aromatic rings. The zero-order valence-corrected chi connectivity index (χ0v) is 16.0. The second-order valence-corrected chi connectivity index (χ2v) is 7.09. The minimum atomic E-state index is -0.142. The molecule has 2 heterocycles. The Morgan fingerprint density at radius 3 is 2.71 bits per heavy atom. The van der Waals surface area contributed by atoms with Crippen LogP contribution in [-0.2, 0) is 0 Å². The molecule has 1 saturated heterocycles. The lowest BCUT2D eigenvalue weighted by atomic mass is 9.95. The molecule has 0 unspecified atom stereocenters. The standard InChI is InChI=1S/C22H23N3O3/c1-14-20(21(24-28-14)15-7-4-3-5-8-15)22(26)25-12-18(19(23)13-25)16-9-6-10-17(11-16)27-2/h3-11,18-19H,12-13,23H2,1-2H3/t18-,19+/m1/s1. The van der Waals surface area contributed by atoms with Crippen LogP contribution in [0.25, 0.3) is 11.3 Å². The van der Waals surface area contributed by atoms with Gasteiger partial charge >= 0.3 is 0 Å². The molecule has 1 aliphatic rings. The van der Waals surface area contributed by atoms with Crippen molar-refractivity contribution in [1.82, 2.24) is 10.1 Å². The number of methoxy groups -OCH3 is 1. The fraction of sp³-hybridized carbons (Fsp3) is 0.273. The summed E-state index contributed by atoms with van der Waals surface area (Å²) in [5.74, 6) is 1.26. The maximum atomic E-state index is 13.3. The number of nitrogens with zero attached hydrogens (tertiary/aromatic N) is 2. The molecule has 0 bridgehead atoms. The van der Waals surface area contributed by atoms with Gasteiger partial charge in [0.2, 0.25) is 0 Å². The van der Waals surface area contributed by atoms with Gasteiger partial charge in [0.25, 0.3) is 5.91 Å². The molecule has 28 heavy (non-hydrogen) atoms. The summed E-state index contributed by atoms with van der Waals surface area (Å²) >= 11 is 0. The molecule has 0 saturated carbocycles. The first-order valence-corrected chi connectivity index (χ1v) is 9.29. The van der Waals surface area contributed by atoms with Gasteiger partial charge in [-0.3, -0.25) is 4.79 Å².